The van der Waals surface area contributed by atoms with E-state index in [-0.39, 0.29) is 34.6 Å². The number of halogens is 4. The highest BCUT2D eigenvalue weighted by atomic mass is 19.4. The lowest BCUT2D eigenvalue weighted by Crippen LogP contribution is -2.35. The van der Waals surface area contributed by atoms with Crippen LogP contribution in [0.4, 0.5) is 17.6 Å². The molecule has 1 atom stereocenters. The van der Waals surface area contributed by atoms with E-state index < -0.39 is 17.6 Å². The number of hydrogen-bond acceptors (Lipinski definition) is 6. The predicted molar refractivity (Wildman–Crippen MR) is 117 cm³/mol. The molecular formula is C23H21F4N5O2. The molecule has 1 saturated heterocycles. The number of aliphatic imine (C=N–C) groups is 1. The molecule has 2 aromatic rings. The summed E-state index contributed by atoms with van der Waals surface area (Å²) in [6.45, 7) is 1.04. The van der Waals surface area contributed by atoms with Crippen molar-refractivity contribution in [1.29, 1.82) is 5.26 Å². The molecule has 1 unspecified atom stereocenters. The first-order valence-corrected chi connectivity index (χ1v) is 10.2. The number of aldehydes is 1. The summed E-state index contributed by atoms with van der Waals surface area (Å²) in [6.07, 6.45) is -0.818. The summed E-state index contributed by atoms with van der Waals surface area (Å²) in [5, 5.41) is 9.05. The van der Waals surface area contributed by atoms with Gasteiger partial charge < -0.3 is 21.1 Å². The molecule has 1 aliphatic rings. The zero-order valence-electron chi connectivity index (χ0n) is 17.8. The number of hydrogen-bond donors (Lipinski definition) is 2. The van der Waals surface area contributed by atoms with E-state index in [1.807, 2.05) is 0 Å². The number of nitrogens with two attached hydrogens (primary N) is 2. The minimum atomic E-state index is -4.86. The van der Waals surface area contributed by atoms with Crippen LogP contribution in [-0.4, -0.2) is 36.2 Å². The molecule has 1 heterocycles. The lowest BCUT2D eigenvalue weighted by Gasteiger charge is -2.26. The Morgan fingerprint density at radius 3 is 2.47 bits per heavy atom. The van der Waals surface area contributed by atoms with Gasteiger partial charge in [0.05, 0.1) is 29.4 Å². The molecule has 0 spiro atoms. The van der Waals surface area contributed by atoms with Crippen molar-refractivity contribution < 1.29 is 27.1 Å². The van der Waals surface area contributed by atoms with Gasteiger partial charge in [0.25, 0.3) is 0 Å². The number of piperidine rings is 1. The van der Waals surface area contributed by atoms with Crippen molar-refractivity contribution in [1.82, 2.24) is 4.90 Å². The van der Waals surface area contributed by atoms with Crippen molar-refractivity contribution >= 4 is 17.8 Å². The van der Waals surface area contributed by atoms with Gasteiger partial charge in [0, 0.05) is 6.54 Å². The normalized spacial score (nSPS) is 17.6. The number of rotatable bonds is 6. The van der Waals surface area contributed by atoms with Crippen molar-refractivity contribution in [2.45, 2.75) is 25.1 Å². The third-order valence-electron chi connectivity index (χ3n) is 5.19. The maximum atomic E-state index is 13.4. The fourth-order valence-electron chi connectivity index (χ4n) is 3.46. The van der Waals surface area contributed by atoms with Gasteiger partial charge in [-0.15, -0.1) is 0 Å². The third kappa shape index (κ3) is 5.83. The van der Waals surface area contributed by atoms with Gasteiger partial charge >= 0.3 is 6.18 Å². The molecule has 0 bridgehead atoms. The largest absolute Gasteiger partial charge is 0.457 e. The van der Waals surface area contributed by atoms with Crippen molar-refractivity contribution in [2.75, 3.05) is 13.1 Å². The van der Waals surface area contributed by atoms with E-state index in [2.05, 4.69) is 11.2 Å². The monoisotopic (exact) mass is 475 g/mol. The molecule has 2 aromatic carbocycles. The number of nitrogens with zero attached hydrogens (tertiary/aromatic N) is 3. The summed E-state index contributed by atoms with van der Waals surface area (Å²) in [7, 11) is 0. The van der Waals surface area contributed by atoms with Crippen LogP contribution >= 0.6 is 0 Å². The van der Waals surface area contributed by atoms with Crippen LogP contribution in [0, 0.1) is 17.3 Å². The summed E-state index contributed by atoms with van der Waals surface area (Å²) >= 11 is 0. The van der Waals surface area contributed by atoms with E-state index >= 15 is 0 Å². The molecule has 0 radical (unpaired) electrons. The van der Waals surface area contributed by atoms with E-state index in [0.29, 0.717) is 37.1 Å². The summed E-state index contributed by atoms with van der Waals surface area (Å²) in [4.78, 5) is 17.6. The van der Waals surface area contributed by atoms with Crippen molar-refractivity contribution in [2.24, 2.45) is 16.5 Å². The lowest BCUT2D eigenvalue weighted by molar-refractivity contribution is -0.140. The average Bonchev–Trinajstić information content (AvgIpc) is 2.80. The fourth-order valence-corrected chi connectivity index (χ4v) is 3.46. The van der Waals surface area contributed by atoms with Crippen LogP contribution in [0.25, 0.3) is 5.70 Å². The molecule has 0 aliphatic carbocycles. The van der Waals surface area contributed by atoms with Crippen LogP contribution in [0.1, 0.15) is 24.0 Å². The van der Waals surface area contributed by atoms with Gasteiger partial charge in [-0.2, -0.15) is 18.4 Å². The number of nitriles is 1. The number of benzene rings is 2. The maximum Gasteiger partial charge on any atom is 0.419 e. The van der Waals surface area contributed by atoms with Crippen LogP contribution in [-0.2, 0) is 11.0 Å². The highest BCUT2D eigenvalue weighted by molar-refractivity contribution is 6.18. The Labute approximate surface area is 192 Å². The van der Waals surface area contributed by atoms with Gasteiger partial charge in [-0.3, -0.25) is 9.79 Å². The number of alkyl halides is 3. The predicted octanol–water partition coefficient (Wildman–Crippen LogP) is 3.81. The SMILES string of the molecule is N#CN1CCCC(N=C(N)C(C=O)=C(N)c2ccc(Oc3ccc(F)c(C(F)(F)F)c3)cc2)C1. The molecule has 1 fully saturated rings. The zero-order chi connectivity index (χ0) is 24.9. The highest BCUT2D eigenvalue weighted by Crippen LogP contribution is 2.35. The molecule has 0 aromatic heterocycles. The van der Waals surface area contributed by atoms with Crippen LogP contribution in [0.15, 0.2) is 53.0 Å². The van der Waals surface area contributed by atoms with Crippen LogP contribution < -0.4 is 16.2 Å². The number of amidine groups is 1. The minimum Gasteiger partial charge on any atom is -0.457 e. The minimum absolute atomic E-state index is 0.0175. The zero-order valence-corrected chi connectivity index (χ0v) is 17.8. The van der Waals surface area contributed by atoms with Gasteiger partial charge in [0.2, 0.25) is 0 Å². The van der Waals surface area contributed by atoms with Crippen molar-refractivity contribution in [3.8, 4) is 17.7 Å². The highest BCUT2D eigenvalue weighted by Gasteiger charge is 2.34. The third-order valence-corrected chi connectivity index (χ3v) is 5.19. The Balaban J connectivity index is 1.79. The van der Waals surface area contributed by atoms with E-state index in [1.54, 1.807) is 4.90 Å². The molecule has 178 valence electrons. The summed E-state index contributed by atoms with van der Waals surface area (Å²) in [6, 6.07) is 7.92. The average molecular weight is 475 g/mol. The standard InChI is InChI=1S/C23H21F4N5O2/c24-20-8-7-17(10-19(20)23(25,26)27)34-16-5-3-14(4-6-16)21(29)18(12-33)22(30)31-15-2-1-9-32(11-15)13-28/h3-8,10,12,15H,1-2,9,11,29H2,(H2,30,31). The molecule has 0 amide bonds. The Morgan fingerprint density at radius 1 is 1.18 bits per heavy atom. The summed E-state index contributed by atoms with van der Waals surface area (Å²) < 4.78 is 57.5. The molecule has 1 aliphatic heterocycles. The molecule has 4 N–H and O–H groups in total. The second-order valence-electron chi connectivity index (χ2n) is 7.57. The van der Waals surface area contributed by atoms with Crippen LogP contribution in [0.3, 0.4) is 0 Å². The van der Waals surface area contributed by atoms with E-state index in [9.17, 15) is 22.4 Å². The maximum absolute atomic E-state index is 13.4. The van der Waals surface area contributed by atoms with Gasteiger partial charge in [-0.05, 0) is 60.9 Å². The molecule has 11 heteroatoms. The lowest BCUT2D eigenvalue weighted by atomic mass is 10.0. The topological polar surface area (TPSA) is 118 Å². The van der Waals surface area contributed by atoms with Crippen molar-refractivity contribution in [3.05, 3.63) is 65.0 Å². The molecular weight excluding hydrogens is 454 g/mol. The molecule has 3 rings (SSSR count). The second kappa shape index (κ2) is 10.2. The summed E-state index contributed by atoms with van der Waals surface area (Å²) in [5.74, 6) is -1.48. The fraction of sp³-hybridized carbons (Fsp3) is 0.261. The Bertz CT molecular complexity index is 1150. The number of likely N-dealkylation sites (tertiary alicyclic amines) is 1. The van der Waals surface area contributed by atoms with Gasteiger partial charge in [0.15, 0.2) is 12.5 Å². The van der Waals surface area contributed by atoms with E-state index in [4.69, 9.17) is 21.5 Å². The van der Waals surface area contributed by atoms with Crippen LogP contribution in [0.5, 0.6) is 11.5 Å². The van der Waals surface area contributed by atoms with Crippen molar-refractivity contribution in [3.63, 3.8) is 0 Å². The number of carbonyl (C=O) groups is 1. The first kappa shape index (κ1) is 24.6. The Hall–Kier alpha value is -4.07. The molecule has 34 heavy (non-hydrogen) atoms. The summed E-state index contributed by atoms with van der Waals surface area (Å²) in [5.41, 5.74) is 11.1. The Morgan fingerprint density at radius 2 is 1.85 bits per heavy atom. The van der Waals surface area contributed by atoms with Gasteiger partial charge in [-0.25, -0.2) is 4.39 Å². The van der Waals surface area contributed by atoms with Crippen LogP contribution in [0.2, 0.25) is 0 Å². The van der Waals surface area contributed by atoms with Gasteiger partial charge in [0.1, 0.15) is 23.2 Å². The van der Waals surface area contributed by atoms with Gasteiger partial charge in [-0.1, -0.05) is 0 Å². The number of ether oxygens (including phenoxy) is 1. The number of carbonyl (C=O) groups excluding carboxylic acids is 1. The smallest absolute Gasteiger partial charge is 0.419 e. The first-order valence-electron chi connectivity index (χ1n) is 10.2. The molecule has 7 nitrogen and oxygen atoms in total. The second-order valence-corrected chi connectivity index (χ2v) is 7.57. The quantitative estimate of drug-likeness (QED) is 0.164. The Kier molecular flexibility index (Phi) is 7.40. The molecule has 0 saturated carbocycles. The van der Waals surface area contributed by atoms with E-state index in [0.717, 1.165) is 18.9 Å². The first-order chi connectivity index (χ1) is 16.1. The van der Waals surface area contributed by atoms with E-state index in [1.165, 1.54) is 24.3 Å².